The van der Waals surface area contributed by atoms with Crippen molar-refractivity contribution in [1.82, 2.24) is 20.4 Å². The highest BCUT2D eigenvalue weighted by Gasteiger charge is 2.15. The highest BCUT2D eigenvalue weighted by molar-refractivity contribution is 6.10. The number of nitrogens with zero attached hydrogens (tertiary/aromatic N) is 2. The number of amides is 1. The Labute approximate surface area is 119 Å². The van der Waals surface area contributed by atoms with Crippen molar-refractivity contribution >= 4 is 22.5 Å². The maximum Gasteiger partial charge on any atom is 0.277 e. The van der Waals surface area contributed by atoms with Gasteiger partial charge in [-0.15, -0.1) is 0 Å². The molecule has 0 radical (unpaired) electrons. The van der Waals surface area contributed by atoms with Gasteiger partial charge in [0.05, 0.1) is 11.6 Å². The van der Waals surface area contributed by atoms with Crippen LogP contribution in [-0.4, -0.2) is 26.3 Å². The van der Waals surface area contributed by atoms with Gasteiger partial charge < -0.3 is 5.32 Å². The molecule has 0 aliphatic carbocycles. The summed E-state index contributed by atoms with van der Waals surface area (Å²) >= 11 is 0. The van der Waals surface area contributed by atoms with Crippen LogP contribution in [0.4, 0.5) is 5.82 Å². The Kier molecular flexibility index (Phi) is 3.23. The van der Waals surface area contributed by atoms with Gasteiger partial charge in [0.2, 0.25) is 0 Å². The van der Waals surface area contributed by atoms with Crippen molar-refractivity contribution < 1.29 is 4.79 Å². The largest absolute Gasteiger partial charge is 0.305 e. The average molecular weight is 283 g/mol. The lowest BCUT2D eigenvalue weighted by Crippen LogP contribution is -2.19. The van der Waals surface area contributed by atoms with E-state index in [1.165, 1.54) is 0 Å². The van der Waals surface area contributed by atoms with Crippen molar-refractivity contribution in [1.29, 1.82) is 0 Å². The highest BCUT2D eigenvalue weighted by Crippen LogP contribution is 2.16. The minimum Gasteiger partial charge on any atom is -0.305 e. The van der Waals surface area contributed by atoms with E-state index >= 15 is 0 Å². The first-order chi connectivity index (χ1) is 10.2. The van der Waals surface area contributed by atoms with Crippen LogP contribution in [0, 0.1) is 0 Å². The molecular formula is C14H13N5O2. The first kappa shape index (κ1) is 13.0. The van der Waals surface area contributed by atoms with E-state index in [9.17, 15) is 9.59 Å². The van der Waals surface area contributed by atoms with E-state index in [1.54, 1.807) is 30.5 Å². The zero-order valence-corrected chi connectivity index (χ0v) is 11.3. The van der Waals surface area contributed by atoms with Crippen LogP contribution in [0.25, 0.3) is 10.8 Å². The molecule has 2 aromatic heterocycles. The molecule has 0 unspecified atom stereocenters. The van der Waals surface area contributed by atoms with Gasteiger partial charge in [0.15, 0.2) is 5.69 Å². The summed E-state index contributed by atoms with van der Waals surface area (Å²) in [5.74, 6) is 0.140. The minimum atomic E-state index is -0.401. The lowest BCUT2D eigenvalue weighted by atomic mass is 10.1. The van der Waals surface area contributed by atoms with E-state index in [2.05, 4.69) is 25.7 Å². The molecule has 0 bridgehead atoms. The Morgan fingerprint density at radius 3 is 2.76 bits per heavy atom. The first-order valence-electron chi connectivity index (χ1n) is 6.51. The Bertz CT molecular complexity index is 865. The minimum absolute atomic E-state index is 0.168. The molecule has 0 atom stereocenters. The summed E-state index contributed by atoms with van der Waals surface area (Å²) in [5, 5.41) is 16.5. The van der Waals surface area contributed by atoms with Gasteiger partial charge in [0.1, 0.15) is 5.82 Å². The molecule has 0 spiro atoms. The molecule has 3 aromatic rings. The summed E-state index contributed by atoms with van der Waals surface area (Å²) in [5.41, 5.74) is 0.747. The first-order valence-corrected chi connectivity index (χ1v) is 6.51. The molecule has 1 aromatic carbocycles. The summed E-state index contributed by atoms with van der Waals surface area (Å²) in [4.78, 5) is 24.1. The molecule has 1 amide bonds. The monoisotopic (exact) mass is 283 g/mol. The zero-order chi connectivity index (χ0) is 14.8. The second-order valence-electron chi connectivity index (χ2n) is 4.52. The summed E-state index contributed by atoms with van der Waals surface area (Å²) in [6, 6.07) is 6.84. The average Bonchev–Trinajstić information content (AvgIpc) is 2.95. The van der Waals surface area contributed by atoms with Crippen molar-refractivity contribution in [3.8, 4) is 0 Å². The van der Waals surface area contributed by atoms with Crippen molar-refractivity contribution in [3.05, 3.63) is 52.1 Å². The third-order valence-electron chi connectivity index (χ3n) is 3.25. The Morgan fingerprint density at radius 1 is 1.24 bits per heavy atom. The quantitative estimate of drug-likeness (QED) is 0.677. The van der Waals surface area contributed by atoms with Crippen LogP contribution < -0.4 is 10.9 Å². The number of hydrogen-bond acceptors (Lipinski definition) is 4. The van der Waals surface area contributed by atoms with Gasteiger partial charge >= 0.3 is 0 Å². The molecule has 106 valence electrons. The summed E-state index contributed by atoms with van der Waals surface area (Å²) in [6.07, 6.45) is 2.40. The van der Waals surface area contributed by atoms with Crippen LogP contribution in [0.1, 0.15) is 23.0 Å². The number of aryl methyl sites for hydroxylation is 1. The van der Waals surface area contributed by atoms with Crippen molar-refractivity contribution in [2.24, 2.45) is 0 Å². The summed E-state index contributed by atoms with van der Waals surface area (Å²) < 4.78 is 0. The van der Waals surface area contributed by atoms with Crippen LogP contribution >= 0.6 is 0 Å². The van der Waals surface area contributed by atoms with Gasteiger partial charge in [-0.1, -0.05) is 25.1 Å². The van der Waals surface area contributed by atoms with Gasteiger partial charge in [0, 0.05) is 10.9 Å². The Balaban J connectivity index is 2.03. The lowest BCUT2D eigenvalue weighted by molar-refractivity contribution is 0.102. The number of fused-ring (bicyclic) bond motifs is 1. The number of rotatable bonds is 3. The molecule has 2 heterocycles. The third-order valence-corrected chi connectivity index (χ3v) is 3.25. The standard InChI is InChI=1S/C14H13N5O2/c1-2-8-7-15-18-12(8)16-14(21)11-9-5-3-4-6-10(9)13(20)19-17-11/h3-7H,2H2,1H3,(H,19,20)(H2,15,16,18,21). The maximum atomic E-state index is 12.4. The molecular weight excluding hydrogens is 270 g/mol. The van der Waals surface area contributed by atoms with Crippen molar-refractivity contribution in [2.45, 2.75) is 13.3 Å². The maximum absolute atomic E-state index is 12.4. The summed E-state index contributed by atoms with van der Waals surface area (Å²) in [6.45, 7) is 1.97. The van der Waals surface area contributed by atoms with E-state index in [1.807, 2.05) is 6.92 Å². The molecule has 0 aliphatic heterocycles. The van der Waals surface area contributed by atoms with E-state index < -0.39 is 5.91 Å². The second kappa shape index (κ2) is 5.20. The lowest BCUT2D eigenvalue weighted by Gasteiger charge is -2.06. The molecule has 3 N–H and O–H groups in total. The number of H-pyrrole nitrogens is 2. The number of carbonyl (C=O) groups is 1. The van der Waals surface area contributed by atoms with E-state index in [4.69, 9.17) is 0 Å². The number of aromatic nitrogens is 4. The zero-order valence-electron chi connectivity index (χ0n) is 11.3. The molecule has 0 fully saturated rings. The van der Waals surface area contributed by atoms with Gasteiger partial charge in [-0.25, -0.2) is 5.10 Å². The number of hydrogen-bond donors (Lipinski definition) is 3. The molecule has 0 saturated carbocycles. The topological polar surface area (TPSA) is 104 Å². The van der Waals surface area contributed by atoms with Crippen LogP contribution in [-0.2, 0) is 6.42 Å². The normalized spacial score (nSPS) is 10.7. The van der Waals surface area contributed by atoms with Crippen LogP contribution in [0.3, 0.4) is 0 Å². The van der Waals surface area contributed by atoms with Crippen LogP contribution in [0.5, 0.6) is 0 Å². The molecule has 7 nitrogen and oxygen atoms in total. The fraction of sp³-hybridized carbons (Fsp3) is 0.143. The van der Waals surface area contributed by atoms with Gasteiger partial charge in [-0.2, -0.15) is 10.2 Å². The fourth-order valence-corrected chi connectivity index (χ4v) is 2.15. The van der Waals surface area contributed by atoms with Gasteiger partial charge in [0.25, 0.3) is 11.5 Å². The Morgan fingerprint density at radius 2 is 2.00 bits per heavy atom. The predicted molar refractivity (Wildman–Crippen MR) is 78.3 cm³/mol. The smallest absolute Gasteiger partial charge is 0.277 e. The molecule has 3 rings (SSSR count). The van der Waals surface area contributed by atoms with Gasteiger partial charge in [-0.05, 0) is 12.5 Å². The third kappa shape index (κ3) is 2.29. The van der Waals surface area contributed by atoms with E-state index in [0.29, 0.717) is 16.6 Å². The number of benzene rings is 1. The molecule has 21 heavy (non-hydrogen) atoms. The fourth-order valence-electron chi connectivity index (χ4n) is 2.15. The SMILES string of the molecule is CCc1cn[nH]c1NC(=O)c1n[nH]c(=O)c2ccccc12. The van der Waals surface area contributed by atoms with Crippen molar-refractivity contribution in [3.63, 3.8) is 0 Å². The number of aromatic amines is 2. The second-order valence-corrected chi connectivity index (χ2v) is 4.52. The molecule has 7 heteroatoms. The van der Waals surface area contributed by atoms with E-state index in [-0.39, 0.29) is 11.3 Å². The molecule has 0 saturated heterocycles. The number of carbonyl (C=O) groups excluding carboxylic acids is 1. The number of anilines is 1. The molecule has 0 aliphatic rings. The number of nitrogens with one attached hydrogen (secondary N) is 3. The predicted octanol–water partition coefficient (Wildman–Crippen LogP) is 1.46. The van der Waals surface area contributed by atoms with E-state index in [0.717, 1.165) is 12.0 Å². The van der Waals surface area contributed by atoms with Gasteiger partial charge in [-0.3, -0.25) is 14.7 Å². The Hall–Kier alpha value is -2.96. The summed E-state index contributed by atoms with van der Waals surface area (Å²) in [7, 11) is 0. The van der Waals surface area contributed by atoms with Crippen molar-refractivity contribution in [2.75, 3.05) is 5.32 Å². The van der Waals surface area contributed by atoms with Crippen LogP contribution in [0.15, 0.2) is 35.3 Å². The van der Waals surface area contributed by atoms with Crippen LogP contribution in [0.2, 0.25) is 0 Å². The highest BCUT2D eigenvalue weighted by atomic mass is 16.2.